The Bertz CT molecular complexity index is 641. The van der Waals surface area contributed by atoms with Gasteiger partial charge in [-0.05, 0) is 52.2 Å². The van der Waals surface area contributed by atoms with Crippen LogP contribution in [0.25, 0.3) is 0 Å². The van der Waals surface area contributed by atoms with Crippen LogP contribution in [0.4, 0.5) is 17.3 Å². The third-order valence-electron chi connectivity index (χ3n) is 3.77. The second-order valence-corrected chi connectivity index (χ2v) is 6.04. The Morgan fingerprint density at radius 1 is 0.955 bits per heavy atom. The first-order valence-electron chi connectivity index (χ1n) is 7.86. The highest BCUT2D eigenvalue weighted by Gasteiger charge is 2.08. The summed E-state index contributed by atoms with van der Waals surface area (Å²) in [5.74, 6) is 2.46. The average Bonchev–Trinajstić information content (AvgIpc) is 2.42. The average molecular weight is 298 g/mol. The van der Waals surface area contributed by atoms with E-state index in [9.17, 15) is 0 Å². The number of benzene rings is 1. The summed E-state index contributed by atoms with van der Waals surface area (Å²) in [6, 6.07) is 6.73. The zero-order valence-corrected chi connectivity index (χ0v) is 14.4. The van der Waals surface area contributed by atoms with E-state index >= 15 is 0 Å². The van der Waals surface area contributed by atoms with Crippen molar-refractivity contribution in [3.8, 4) is 0 Å². The maximum Gasteiger partial charge on any atom is 0.136 e. The van der Waals surface area contributed by atoms with Crippen molar-refractivity contribution in [2.45, 2.75) is 54.0 Å². The molecule has 0 aliphatic rings. The van der Waals surface area contributed by atoms with E-state index in [0.29, 0.717) is 6.04 Å². The second-order valence-electron chi connectivity index (χ2n) is 6.04. The molecule has 0 spiro atoms. The van der Waals surface area contributed by atoms with Crippen LogP contribution < -0.4 is 10.6 Å². The molecule has 0 aliphatic carbocycles. The van der Waals surface area contributed by atoms with Gasteiger partial charge in [-0.2, -0.15) is 0 Å². The molecule has 2 aromatic rings. The molecule has 0 bridgehead atoms. The zero-order chi connectivity index (χ0) is 16.3. The monoisotopic (exact) mass is 298 g/mol. The highest BCUT2D eigenvalue weighted by molar-refractivity contribution is 5.66. The molecule has 0 saturated carbocycles. The SMILES string of the molecule is CCC(C)Nc1cc(Nc2c(C)cc(C)cc2C)nc(C)n1. The van der Waals surface area contributed by atoms with Crippen molar-refractivity contribution in [3.63, 3.8) is 0 Å². The molecule has 2 rings (SSSR count). The predicted octanol–water partition coefficient (Wildman–Crippen LogP) is 4.66. The normalized spacial score (nSPS) is 12.1. The predicted molar refractivity (Wildman–Crippen MR) is 94.1 cm³/mol. The zero-order valence-electron chi connectivity index (χ0n) is 14.4. The molecule has 1 aromatic heterocycles. The number of nitrogens with zero attached hydrogens (tertiary/aromatic N) is 2. The van der Waals surface area contributed by atoms with Crippen molar-refractivity contribution >= 4 is 17.3 Å². The van der Waals surface area contributed by atoms with E-state index in [0.717, 1.165) is 29.6 Å². The maximum atomic E-state index is 4.50. The Kier molecular flexibility index (Phi) is 5.01. The minimum atomic E-state index is 0.394. The van der Waals surface area contributed by atoms with E-state index in [4.69, 9.17) is 0 Å². The molecular weight excluding hydrogens is 272 g/mol. The second kappa shape index (κ2) is 6.77. The van der Waals surface area contributed by atoms with Crippen molar-refractivity contribution < 1.29 is 0 Å². The minimum absolute atomic E-state index is 0.394. The number of rotatable bonds is 5. The number of hydrogen-bond acceptors (Lipinski definition) is 4. The summed E-state index contributed by atoms with van der Waals surface area (Å²) in [4.78, 5) is 8.96. The molecule has 22 heavy (non-hydrogen) atoms. The van der Waals surface area contributed by atoms with Crippen LogP contribution in [-0.2, 0) is 0 Å². The molecule has 0 fully saturated rings. The Morgan fingerprint density at radius 3 is 2.14 bits per heavy atom. The van der Waals surface area contributed by atoms with Crippen LogP contribution in [0.3, 0.4) is 0 Å². The van der Waals surface area contributed by atoms with Gasteiger partial charge in [0.2, 0.25) is 0 Å². The molecular formula is C18H26N4. The van der Waals surface area contributed by atoms with Crippen LogP contribution in [0.15, 0.2) is 18.2 Å². The molecule has 1 heterocycles. The quantitative estimate of drug-likeness (QED) is 0.842. The van der Waals surface area contributed by atoms with Gasteiger partial charge in [0.1, 0.15) is 17.5 Å². The van der Waals surface area contributed by atoms with E-state index in [1.807, 2.05) is 13.0 Å². The summed E-state index contributed by atoms with van der Waals surface area (Å²) in [6.07, 6.45) is 1.06. The third-order valence-corrected chi connectivity index (χ3v) is 3.77. The van der Waals surface area contributed by atoms with Gasteiger partial charge in [0.25, 0.3) is 0 Å². The largest absolute Gasteiger partial charge is 0.367 e. The Balaban J connectivity index is 2.30. The lowest BCUT2D eigenvalue weighted by Gasteiger charge is -2.16. The fourth-order valence-electron chi connectivity index (χ4n) is 2.57. The molecule has 0 amide bonds. The summed E-state index contributed by atoms with van der Waals surface area (Å²) in [5, 5.41) is 6.85. The molecule has 0 saturated heterocycles. The van der Waals surface area contributed by atoms with Crippen molar-refractivity contribution in [3.05, 3.63) is 40.7 Å². The van der Waals surface area contributed by atoms with E-state index < -0.39 is 0 Å². The molecule has 0 aliphatic heterocycles. The molecule has 4 nitrogen and oxygen atoms in total. The van der Waals surface area contributed by atoms with Gasteiger partial charge < -0.3 is 10.6 Å². The van der Waals surface area contributed by atoms with Crippen LogP contribution in [0.5, 0.6) is 0 Å². The molecule has 118 valence electrons. The lowest BCUT2D eigenvalue weighted by molar-refractivity contribution is 0.757. The fourth-order valence-corrected chi connectivity index (χ4v) is 2.57. The van der Waals surface area contributed by atoms with Gasteiger partial charge >= 0.3 is 0 Å². The van der Waals surface area contributed by atoms with E-state index in [2.05, 4.69) is 67.4 Å². The summed E-state index contributed by atoms with van der Waals surface area (Å²) in [5.41, 5.74) is 4.85. The molecule has 1 aromatic carbocycles. The van der Waals surface area contributed by atoms with Gasteiger partial charge in [-0.25, -0.2) is 9.97 Å². The minimum Gasteiger partial charge on any atom is -0.367 e. The van der Waals surface area contributed by atoms with Crippen molar-refractivity contribution in [2.24, 2.45) is 0 Å². The molecule has 0 radical (unpaired) electrons. The maximum absolute atomic E-state index is 4.50. The van der Waals surface area contributed by atoms with Crippen LogP contribution in [0, 0.1) is 27.7 Å². The Morgan fingerprint density at radius 2 is 1.55 bits per heavy atom. The summed E-state index contributed by atoms with van der Waals surface area (Å²) in [7, 11) is 0. The van der Waals surface area contributed by atoms with Crippen LogP contribution >= 0.6 is 0 Å². The number of nitrogens with one attached hydrogen (secondary N) is 2. The number of aromatic nitrogens is 2. The van der Waals surface area contributed by atoms with Gasteiger partial charge in [-0.3, -0.25) is 0 Å². The lowest BCUT2D eigenvalue weighted by Crippen LogP contribution is -2.15. The topological polar surface area (TPSA) is 49.8 Å². The summed E-state index contributed by atoms with van der Waals surface area (Å²) in [6.45, 7) is 12.6. The van der Waals surface area contributed by atoms with Crippen LogP contribution in [-0.4, -0.2) is 16.0 Å². The molecule has 4 heteroatoms. The summed E-state index contributed by atoms with van der Waals surface area (Å²) >= 11 is 0. The lowest BCUT2D eigenvalue weighted by atomic mass is 10.1. The van der Waals surface area contributed by atoms with Crippen molar-refractivity contribution in [1.29, 1.82) is 0 Å². The van der Waals surface area contributed by atoms with Crippen LogP contribution in [0.1, 0.15) is 42.8 Å². The van der Waals surface area contributed by atoms with Gasteiger partial charge in [0.05, 0.1) is 0 Å². The van der Waals surface area contributed by atoms with E-state index in [-0.39, 0.29) is 0 Å². The first-order valence-corrected chi connectivity index (χ1v) is 7.86. The van der Waals surface area contributed by atoms with Gasteiger partial charge in [-0.15, -0.1) is 0 Å². The fraction of sp³-hybridized carbons (Fsp3) is 0.444. The number of aryl methyl sites for hydroxylation is 4. The smallest absolute Gasteiger partial charge is 0.136 e. The van der Waals surface area contributed by atoms with Crippen molar-refractivity contribution in [1.82, 2.24) is 9.97 Å². The number of anilines is 3. The highest BCUT2D eigenvalue weighted by Crippen LogP contribution is 2.26. The third kappa shape index (κ3) is 3.97. The van der Waals surface area contributed by atoms with E-state index in [1.165, 1.54) is 16.7 Å². The van der Waals surface area contributed by atoms with Gasteiger partial charge in [0, 0.05) is 17.8 Å². The highest BCUT2D eigenvalue weighted by atomic mass is 15.1. The Labute approximate surface area is 133 Å². The van der Waals surface area contributed by atoms with Crippen LogP contribution in [0.2, 0.25) is 0 Å². The molecule has 1 unspecified atom stereocenters. The first-order chi connectivity index (χ1) is 10.4. The molecule has 2 N–H and O–H groups in total. The van der Waals surface area contributed by atoms with E-state index in [1.54, 1.807) is 0 Å². The number of hydrogen-bond donors (Lipinski definition) is 2. The van der Waals surface area contributed by atoms with Gasteiger partial charge in [0.15, 0.2) is 0 Å². The summed E-state index contributed by atoms with van der Waals surface area (Å²) < 4.78 is 0. The standard InChI is InChI=1S/C18H26N4/c1-7-14(5)19-16-10-17(21-15(6)20-16)22-18-12(3)8-11(2)9-13(18)4/h8-10,14H,7H2,1-6H3,(H2,19,20,21,22). The van der Waals surface area contributed by atoms with Gasteiger partial charge in [-0.1, -0.05) is 24.6 Å². The molecule has 1 atom stereocenters. The first kappa shape index (κ1) is 16.3. The Hall–Kier alpha value is -2.10. The van der Waals surface area contributed by atoms with Crippen molar-refractivity contribution in [2.75, 3.05) is 10.6 Å².